The van der Waals surface area contributed by atoms with E-state index in [1.165, 1.54) is 6.92 Å². The minimum Gasteiger partial charge on any atom is -0.478 e. The van der Waals surface area contributed by atoms with Crippen LogP contribution in [0, 0.1) is 0 Å². The zero-order valence-corrected chi connectivity index (χ0v) is 5.44. The highest BCUT2D eigenvalue weighted by atomic mass is 16.4. The molecule has 0 aromatic rings. The number of carbonyl (C=O) groups is 2. The summed E-state index contributed by atoms with van der Waals surface area (Å²) in [6.45, 7) is 1.27. The number of carboxylic acids is 1. The van der Waals surface area contributed by atoms with Crippen LogP contribution in [0.25, 0.3) is 0 Å². The van der Waals surface area contributed by atoms with Crippen LogP contribution in [0.4, 0.5) is 0 Å². The van der Waals surface area contributed by atoms with E-state index < -0.39 is 17.9 Å². The van der Waals surface area contributed by atoms with Crippen LogP contribution in [0.15, 0.2) is 12.2 Å². The van der Waals surface area contributed by atoms with Gasteiger partial charge in [-0.05, 0) is 13.0 Å². The number of aliphatic carboxylic acids is 1. The maximum absolute atomic E-state index is 10.4. The van der Waals surface area contributed by atoms with Gasteiger partial charge < -0.3 is 10.2 Å². The summed E-state index contributed by atoms with van der Waals surface area (Å²) in [5, 5.41) is 16.6. The Labute approximate surface area is 57.8 Å². The van der Waals surface area contributed by atoms with Crippen molar-refractivity contribution in [1.82, 2.24) is 0 Å². The highest BCUT2D eigenvalue weighted by Gasteiger charge is 2.03. The van der Waals surface area contributed by atoms with Gasteiger partial charge in [-0.25, -0.2) is 4.79 Å². The van der Waals surface area contributed by atoms with Gasteiger partial charge in [-0.3, -0.25) is 4.79 Å². The molecule has 0 amide bonds. The maximum Gasteiger partial charge on any atom is 0.328 e. The molecule has 1 unspecified atom stereocenters. The minimum atomic E-state index is -1.20. The van der Waals surface area contributed by atoms with E-state index in [0.717, 1.165) is 6.08 Å². The molecule has 0 aliphatic heterocycles. The van der Waals surface area contributed by atoms with Crippen molar-refractivity contribution in [2.75, 3.05) is 0 Å². The molecule has 0 saturated carbocycles. The molecule has 0 spiro atoms. The van der Waals surface area contributed by atoms with Crippen molar-refractivity contribution in [1.29, 1.82) is 0 Å². The summed E-state index contributed by atoms with van der Waals surface area (Å²) < 4.78 is 0. The monoisotopic (exact) mass is 144 g/mol. The topological polar surface area (TPSA) is 74.6 Å². The summed E-state index contributed by atoms with van der Waals surface area (Å²) in [5.41, 5.74) is 0. The van der Waals surface area contributed by atoms with Crippen LogP contribution in [0.2, 0.25) is 0 Å². The summed E-state index contributed by atoms with van der Waals surface area (Å²) >= 11 is 0. The van der Waals surface area contributed by atoms with E-state index in [0.29, 0.717) is 6.08 Å². The summed E-state index contributed by atoms with van der Waals surface area (Å²) in [4.78, 5) is 20.3. The van der Waals surface area contributed by atoms with Gasteiger partial charge in [0.1, 0.15) is 6.10 Å². The first-order valence-corrected chi connectivity index (χ1v) is 2.67. The molecule has 0 aliphatic carbocycles. The molecule has 0 aliphatic rings. The lowest BCUT2D eigenvalue weighted by molar-refractivity contribution is -0.131. The van der Waals surface area contributed by atoms with Crippen molar-refractivity contribution in [3.63, 3.8) is 0 Å². The summed E-state index contributed by atoms with van der Waals surface area (Å²) in [7, 11) is 0. The quantitative estimate of drug-likeness (QED) is 0.527. The van der Waals surface area contributed by atoms with E-state index in [-0.39, 0.29) is 0 Å². The van der Waals surface area contributed by atoms with Crippen molar-refractivity contribution in [3.8, 4) is 0 Å². The third kappa shape index (κ3) is 3.80. The number of aliphatic hydroxyl groups excluding tert-OH is 1. The fourth-order valence-electron chi connectivity index (χ4n) is 0.293. The van der Waals surface area contributed by atoms with Crippen molar-refractivity contribution >= 4 is 11.8 Å². The number of hydrogen-bond acceptors (Lipinski definition) is 3. The van der Waals surface area contributed by atoms with Gasteiger partial charge in [-0.1, -0.05) is 0 Å². The molecule has 0 radical (unpaired) electrons. The molecule has 0 rings (SSSR count). The van der Waals surface area contributed by atoms with E-state index >= 15 is 0 Å². The van der Waals surface area contributed by atoms with Crippen LogP contribution < -0.4 is 0 Å². The Morgan fingerprint density at radius 3 is 2.20 bits per heavy atom. The fraction of sp³-hybridized carbons (Fsp3) is 0.333. The van der Waals surface area contributed by atoms with E-state index in [9.17, 15) is 9.59 Å². The highest BCUT2D eigenvalue weighted by molar-refractivity contribution is 5.97. The number of rotatable bonds is 3. The van der Waals surface area contributed by atoms with Crippen LogP contribution in [-0.2, 0) is 9.59 Å². The molecule has 1 atom stereocenters. The number of carbonyl (C=O) groups excluding carboxylic acids is 1. The van der Waals surface area contributed by atoms with Crippen LogP contribution in [0.3, 0.4) is 0 Å². The molecule has 4 nitrogen and oxygen atoms in total. The maximum atomic E-state index is 10.4. The Balaban J connectivity index is 3.90. The molecule has 0 fully saturated rings. The van der Waals surface area contributed by atoms with Crippen LogP contribution in [0.5, 0.6) is 0 Å². The zero-order chi connectivity index (χ0) is 8.15. The second kappa shape index (κ2) is 3.79. The molecule has 2 N–H and O–H groups in total. The first-order valence-electron chi connectivity index (χ1n) is 2.67. The number of aliphatic hydroxyl groups is 1. The first kappa shape index (κ1) is 8.84. The molecule has 10 heavy (non-hydrogen) atoms. The number of carboxylic acid groups (broad SMARTS) is 1. The number of hydrogen-bond donors (Lipinski definition) is 2. The predicted octanol–water partition coefficient (Wildman–Crippen LogP) is -0.423. The van der Waals surface area contributed by atoms with Crippen LogP contribution in [0.1, 0.15) is 6.92 Å². The normalized spacial score (nSPS) is 13.4. The average molecular weight is 144 g/mol. The third-order valence-corrected chi connectivity index (χ3v) is 0.802. The van der Waals surface area contributed by atoms with Crippen LogP contribution >= 0.6 is 0 Å². The van der Waals surface area contributed by atoms with Gasteiger partial charge in [0, 0.05) is 6.08 Å². The smallest absolute Gasteiger partial charge is 0.328 e. The standard InChI is InChI=1S/C6H8O4/c1-4(7)5(8)2-3-6(9)10/h2-4,7H,1H3,(H,9,10)/b3-2+. The Morgan fingerprint density at radius 1 is 1.40 bits per heavy atom. The summed E-state index contributed by atoms with van der Waals surface area (Å²) in [5.74, 6) is -1.81. The molecular weight excluding hydrogens is 136 g/mol. The molecule has 0 saturated heterocycles. The molecule has 0 bridgehead atoms. The van der Waals surface area contributed by atoms with Crippen LogP contribution in [-0.4, -0.2) is 28.1 Å². The third-order valence-electron chi connectivity index (χ3n) is 0.802. The summed E-state index contributed by atoms with van der Waals surface area (Å²) in [6, 6.07) is 0. The summed E-state index contributed by atoms with van der Waals surface area (Å²) in [6.07, 6.45) is 0.387. The second-order valence-electron chi connectivity index (χ2n) is 1.75. The zero-order valence-electron chi connectivity index (χ0n) is 5.44. The van der Waals surface area contributed by atoms with Crippen molar-refractivity contribution in [2.45, 2.75) is 13.0 Å². The largest absolute Gasteiger partial charge is 0.478 e. The van der Waals surface area contributed by atoms with E-state index in [1.54, 1.807) is 0 Å². The lowest BCUT2D eigenvalue weighted by atomic mass is 10.2. The second-order valence-corrected chi connectivity index (χ2v) is 1.75. The number of ketones is 1. The van der Waals surface area contributed by atoms with E-state index in [4.69, 9.17) is 10.2 Å². The minimum absolute atomic E-state index is 0.609. The SMILES string of the molecule is CC(O)C(=O)/C=C/C(=O)O. The Morgan fingerprint density at radius 2 is 1.90 bits per heavy atom. The molecule has 0 heterocycles. The van der Waals surface area contributed by atoms with Gasteiger partial charge in [-0.15, -0.1) is 0 Å². The van der Waals surface area contributed by atoms with Gasteiger partial charge in [0.25, 0.3) is 0 Å². The van der Waals surface area contributed by atoms with E-state index in [2.05, 4.69) is 0 Å². The van der Waals surface area contributed by atoms with Gasteiger partial charge in [0.05, 0.1) is 0 Å². The molecule has 56 valence electrons. The lowest BCUT2D eigenvalue weighted by Gasteiger charge is -1.93. The highest BCUT2D eigenvalue weighted by Crippen LogP contribution is 1.85. The van der Waals surface area contributed by atoms with Gasteiger partial charge >= 0.3 is 5.97 Å². The predicted molar refractivity (Wildman–Crippen MR) is 33.5 cm³/mol. The Bertz CT molecular complexity index is 169. The average Bonchev–Trinajstić information content (AvgIpc) is 1.82. The molecular formula is C6H8O4. The van der Waals surface area contributed by atoms with Crippen molar-refractivity contribution in [2.24, 2.45) is 0 Å². The van der Waals surface area contributed by atoms with Gasteiger partial charge in [0.15, 0.2) is 5.78 Å². The van der Waals surface area contributed by atoms with Gasteiger partial charge in [-0.2, -0.15) is 0 Å². The van der Waals surface area contributed by atoms with E-state index in [1.807, 2.05) is 0 Å². The molecule has 0 aromatic heterocycles. The first-order chi connectivity index (χ1) is 4.54. The molecule has 4 heteroatoms. The fourth-order valence-corrected chi connectivity index (χ4v) is 0.293. The molecule has 0 aromatic carbocycles. The Kier molecular flexibility index (Phi) is 3.35. The van der Waals surface area contributed by atoms with Crippen molar-refractivity contribution < 1.29 is 19.8 Å². The van der Waals surface area contributed by atoms with Gasteiger partial charge in [0.2, 0.25) is 0 Å². The Hall–Kier alpha value is -1.16. The van der Waals surface area contributed by atoms with Crippen molar-refractivity contribution in [3.05, 3.63) is 12.2 Å². The lowest BCUT2D eigenvalue weighted by Crippen LogP contribution is -2.12.